The number of guanidine groups is 1. The summed E-state index contributed by atoms with van der Waals surface area (Å²) < 4.78 is 1.74. The molecule has 2 N–H and O–H groups in total. The van der Waals surface area contributed by atoms with E-state index in [-0.39, 0.29) is 0 Å². The average Bonchev–Trinajstić information content (AvgIpc) is 3.24. The number of hydrogen-bond donors (Lipinski definition) is 2. The first-order chi connectivity index (χ1) is 13.2. The second-order valence-electron chi connectivity index (χ2n) is 6.05. The van der Waals surface area contributed by atoms with E-state index in [2.05, 4.69) is 69.0 Å². The highest BCUT2D eigenvalue weighted by molar-refractivity contribution is 8.00. The van der Waals surface area contributed by atoms with Crippen LogP contribution in [-0.4, -0.2) is 39.6 Å². The Morgan fingerprint density at radius 2 is 1.89 bits per heavy atom. The molecule has 0 amide bonds. The molecule has 3 rings (SSSR count). The van der Waals surface area contributed by atoms with Crippen LogP contribution in [0.5, 0.6) is 0 Å². The number of hydrogen-bond acceptors (Lipinski definition) is 4. The van der Waals surface area contributed by atoms with E-state index in [0.29, 0.717) is 11.8 Å². The zero-order chi connectivity index (χ0) is 18.9. The van der Waals surface area contributed by atoms with Gasteiger partial charge in [-0.1, -0.05) is 37.3 Å². The number of thioether (sulfide) groups is 1. The van der Waals surface area contributed by atoms with E-state index < -0.39 is 0 Å². The second kappa shape index (κ2) is 9.78. The van der Waals surface area contributed by atoms with Crippen molar-refractivity contribution in [3.8, 4) is 5.69 Å². The summed E-state index contributed by atoms with van der Waals surface area (Å²) in [5, 5.41) is 11.3. The van der Waals surface area contributed by atoms with Gasteiger partial charge in [0.25, 0.3) is 0 Å². The highest BCUT2D eigenvalue weighted by Crippen LogP contribution is 2.21. The first kappa shape index (κ1) is 19.0. The lowest BCUT2D eigenvalue weighted by Gasteiger charge is -2.16. The van der Waals surface area contributed by atoms with E-state index in [9.17, 15) is 0 Å². The predicted octanol–water partition coefficient (Wildman–Crippen LogP) is 3.11. The van der Waals surface area contributed by atoms with E-state index in [4.69, 9.17) is 0 Å². The van der Waals surface area contributed by atoms with Crippen molar-refractivity contribution in [3.63, 3.8) is 0 Å². The quantitative estimate of drug-likeness (QED) is 0.374. The third-order valence-electron chi connectivity index (χ3n) is 3.94. The summed E-state index contributed by atoms with van der Waals surface area (Å²) in [6.45, 7) is 3.75. The summed E-state index contributed by atoms with van der Waals surface area (Å²) in [5.41, 5.74) is 2.17. The minimum Gasteiger partial charge on any atom is -0.355 e. The number of nitrogens with one attached hydrogen (secondary N) is 2. The van der Waals surface area contributed by atoms with Gasteiger partial charge in [-0.2, -0.15) is 5.10 Å². The van der Waals surface area contributed by atoms with Crippen molar-refractivity contribution >= 4 is 17.7 Å². The van der Waals surface area contributed by atoms with Gasteiger partial charge in [0.15, 0.2) is 5.96 Å². The second-order valence-corrected chi connectivity index (χ2v) is 7.57. The highest BCUT2D eigenvalue weighted by Gasteiger charge is 2.06. The fourth-order valence-electron chi connectivity index (χ4n) is 2.53. The standard InChI is InChI=1S/C20H24N6S/c1-16(27-19-6-4-3-5-7-19)12-23-20(21-2)24-13-17-8-10-18(11-9-17)26-15-22-14-25-26/h3-11,14-16H,12-13H2,1-2H3,(H2,21,23,24). The molecule has 0 saturated heterocycles. The Balaban J connectivity index is 1.45. The van der Waals surface area contributed by atoms with Crippen molar-refractivity contribution in [2.24, 2.45) is 4.99 Å². The van der Waals surface area contributed by atoms with Crippen LogP contribution in [0.4, 0.5) is 0 Å². The van der Waals surface area contributed by atoms with Crippen LogP contribution in [0.25, 0.3) is 5.69 Å². The molecule has 1 heterocycles. The van der Waals surface area contributed by atoms with Crippen molar-refractivity contribution in [1.82, 2.24) is 25.4 Å². The van der Waals surface area contributed by atoms with Gasteiger partial charge >= 0.3 is 0 Å². The van der Waals surface area contributed by atoms with Crippen molar-refractivity contribution in [2.45, 2.75) is 23.6 Å². The first-order valence-electron chi connectivity index (χ1n) is 8.85. The fourth-order valence-corrected chi connectivity index (χ4v) is 3.47. The van der Waals surface area contributed by atoms with Crippen molar-refractivity contribution in [2.75, 3.05) is 13.6 Å². The molecule has 27 heavy (non-hydrogen) atoms. The Morgan fingerprint density at radius 3 is 2.56 bits per heavy atom. The molecule has 0 aliphatic carbocycles. The third-order valence-corrected chi connectivity index (χ3v) is 5.05. The normalized spacial score (nSPS) is 12.6. The summed E-state index contributed by atoms with van der Waals surface area (Å²) in [4.78, 5) is 9.55. The van der Waals surface area contributed by atoms with Gasteiger partial charge in [-0.25, -0.2) is 9.67 Å². The molecule has 0 spiro atoms. The zero-order valence-electron chi connectivity index (χ0n) is 15.5. The maximum atomic E-state index is 4.30. The van der Waals surface area contributed by atoms with Gasteiger partial charge in [-0.15, -0.1) is 11.8 Å². The fraction of sp³-hybridized carbons (Fsp3) is 0.250. The van der Waals surface area contributed by atoms with E-state index in [1.54, 1.807) is 18.1 Å². The predicted molar refractivity (Wildman–Crippen MR) is 111 cm³/mol. The van der Waals surface area contributed by atoms with Crippen LogP contribution in [0, 0.1) is 0 Å². The van der Waals surface area contributed by atoms with Crippen molar-refractivity contribution < 1.29 is 0 Å². The van der Waals surface area contributed by atoms with Crippen LogP contribution in [0.3, 0.4) is 0 Å². The lowest BCUT2D eigenvalue weighted by atomic mass is 10.2. The van der Waals surface area contributed by atoms with Gasteiger partial charge in [0.1, 0.15) is 12.7 Å². The van der Waals surface area contributed by atoms with Gasteiger partial charge in [-0.05, 0) is 29.8 Å². The maximum Gasteiger partial charge on any atom is 0.191 e. The molecular weight excluding hydrogens is 356 g/mol. The summed E-state index contributed by atoms with van der Waals surface area (Å²) in [6, 6.07) is 18.6. The lowest BCUT2D eigenvalue weighted by molar-refractivity contribution is 0.789. The van der Waals surface area contributed by atoms with E-state index in [1.807, 2.05) is 30.0 Å². The van der Waals surface area contributed by atoms with Gasteiger partial charge in [0, 0.05) is 30.3 Å². The molecule has 3 aromatic rings. The molecule has 1 atom stereocenters. The molecule has 0 aliphatic heterocycles. The Labute approximate surface area is 164 Å². The summed E-state index contributed by atoms with van der Waals surface area (Å²) in [6.07, 6.45) is 3.22. The van der Waals surface area contributed by atoms with Crippen LogP contribution in [0.1, 0.15) is 12.5 Å². The lowest BCUT2D eigenvalue weighted by Crippen LogP contribution is -2.39. The van der Waals surface area contributed by atoms with Crippen LogP contribution in [0.15, 0.2) is 77.1 Å². The largest absolute Gasteiger partial charge is 0.355 e. The molecule has 0 fully saturated rings. The maximum absolute atomic E-state index is 4.30. The van der Waals surface area contributed by atoms with Crippen LogP contribution in [-0.2, 0) is 6.54 Å². The molecule has 6 nitrogen and oxygen atoms in total. The number of aromatic nitrogens is 3. The molecule has 1 aromatic heterocycles. The van der Waals surface area contributed by atoms with Crippen molar-refractivity contribution in [3.05, 3.63) is 72.8 Å². The van der Waals surface area contributed by atoms with E-state index in [0.717, 1.165) is 18.2 Å². The monoisotopic (exact) mass is 380 g/mol. The summed E-state index contributed by atoms with van der Waals surface area (Å²) >= 11 is 1.85. The van der Waals surface area contributed by atoms with Gasteiger partial charge < -0.3 is 10.6 Å². The van der Waals surface area contributed by atoms with Gasteiger partial charge in [-0.3, -0.25) is 4.99 Å². The molecule has 140 valence electrons. The average molecular weight is 381 g/mol. The number of benzene rings is 2. The molecule has 0 saturated carbocycles. The first-order valence-corrected chi connectivity index (χ1v) is 9.73. The third kappa shape index (κ3) is 5.86. The smallest absolute Gasteiger partial charge is 0.191 e. The molecular formula is C20H24N6S. The van der Waals surface area contributed by atoms with Gasteiger partial charge in [0.05, 0.1) is 5.69 Å². The molecule has 2 aromatic carbocycles. The van der Waals surface area contributed by atoms with E-state index in [1.165, 1.54) is 16.8 Å². The molecule has 1 unspecified atom stereocenters. The summed E-state index contributed by atoms with van der Waals surface area (Å²) in [7, 11) is 1.79. The highest BCUT2D eigenvalue weighted by atomic mass is 32.2. The number of nitrogens with zero attached hydrogens (tertiary/aromatic N) is 4. The van der Waals surface area contributed by atoms with Crippen molar-refractivity contribution in [1.29, 1.82) is 0 Å². The van der Waals surface area contributed by atoms with Crippen LogP contribution >= 0.6 is 11.8 Å². The molecule has 0 bridgehead atoms. The minimum atomic E-state index is 0.438. The van der Waals surface area contributed by atoms with Crippen LogP contribution < -0.4 is 10.6 Å². The Hall–Kier alpha value is -2.80. The number of rotatable bonds is 7. The zero-order valence-corrected chi connectivity index (χ0v) is 16.4. The Bertz CT molecular complexity index is 831. The molecule has 0 radical (unpaired) electrons. The number of aliphatic imine (C=N–C) groups is 1. The minimum absolute atomic E-state index is 0.438. The Kier molecular flexibility index (Phi) is 6.87. The summed E-state index contributed by atoms with van der Waals surface area (Å²) in [5.74, 6) is 0.802. The van der Waals surface area contributed by atoms with E-state index >= 15 is 0 Å². The van der Waals surface area contributed by atoms with Crippen LogP contribution in [0.2, 0.25) is 0 Å². The SMILES string of the molecule is CN=C(NCc1ccc(-n2cncn2)cc1)NCC(C)Sc1ccccc1. The topological polar surface area (TPSA) is 67.1 Å². The molecule has 7 heteroatoms. The van der Waals surface area contributed by atoms with Gasteiger partial charge in [0.2, 0.25) is 0 Å². The molecule has 0 aliphatic rings. The Morgan fingerprint density at radius 1 is 1.11 bits per heavy atom.